The summed E-state index contributed by atoms with van der Waals surface area (Å²) in [6, 6.07) is 0. The van der Waals surface area contributed by atoms with Gasteiger partial charge in [0.1, 0.15) is 18.1 Å². The third-order valence-electron chi connectivity index (χ3n) is 2.50. The quantitative estimate of drug-likeness (QED) is 0.779. The van der Waals surface area contributed by atoms with E-state index in [4.69, 9.17) is 9.15 Å². The minimum Gasteiger partial charge on any atom is -0.446 e. The molecule has 2 rings (SSSR count). The minimum absolute atomic E-state index is 0.111. The molecule has 0 fully saturated rings. The lowest BCUT2D eigenvalue weighted by molar-refractivity contribution is 0.0948. The molecule has 0 saturated heterocycles. The van der Waals surface area contributed by atoms with Gasteiger partial charge in [-0.15, -0.1) is 0 Å². The fraction of sp³-hybridized carbons (Fsp3) is 0.308. The lowest BCUT2D eigenvalue weighted by Gasteiger charge is -2.02. The summed E-state index contributed by atoms with van der Waals surface area (Å²) in [4.78, 5) is 4.40. The van der Waals surface area contributed by atoms with Crippen LogP contribution in [0.4, 0.5) is 0 Å². The number of rotatable bonds is 3. The normalized spacial score (nSPS) is 17.0. The number of hydrogen-bond acceptors (Lipinski definition) is 3. The van der Waals surface area contributed by atoms with E-state index in [1.54, 1.807) is 13.4 Å². The van der Waals surface area contributed by atoms with E-state index in [0.717, 1.165) is 17.7 Å². The molecule has 0 N–H and O–H groups in total. The maximum Gasteiger partial charge on any atom is 0.223 e. The van der Waals surface area contributed by atoms with Gasteiger partial charge in [-0.05, 0) is 13.3 Å². The molecule has 1 atom stereocenters. The van der Waals surface area contributed by atoms with Crippen LogP contribution in [0.5, 0.6) is 0 Å². The summed E-state index contributed by atoms with van der Waals surface area (Å²) < 4.78 is 10.5. The van der Waals surface area contributed by atoms with Crippen molar-refractivity contribution >= 4 is 5.57 Å². The highest BCUT2D eigenvalue weighted by atomic mass is 16.5. The molecule has 1 aromatic heterocycles. The molecule has 0 spiro atoms. The number of hydrogen-bond donors (Lipinski definition) is 0. The Morgan fingerprint density at radius 1 is 1.44 bits per heavy atom. The monoisotopic (exact) mass is 217 g/mol. The SMILES string of the molecule is COC(C)c1nc(C2=CC=CCC=C2)co1. The zero-order chi connectivity index (χ0) is 11.4. The van der Waals surface area contributed by atoms with Crippen molar-refractivity contribution in [1.29, 1.82) is 0 Å². The molecule has 3 heteroatoms. The van der Waals surface area contributed by atoms with Crippen molar-refractivity contribution in [1.82, 2.24) is 4.98 Å². The highest BCUT2D eigenvalue weighted by Gasteiger charge is 2.12. The Morgan fingerprint density at radius 2 is 2.31 bits per heavy atom. The van der Waals surface area contributed by atoms with E-state index in [9.17, 15) is 0 Å². The number of nitrogens with zero attached hydrogens (tertiary/aromatic N) is 1. The van der Waals surface area contributed by atoms with Gasteiger partial charge in [-0.1, -0.05) is 30.4 Å². The van der Waals surface area contributed by atoms with Gasteiger partial charge >= 0.3 is 0 Å². The molecular weight excluding hydrogens is 202 g/mol. The van der Waals surface area contributed by atoms with E-state index in [1.165, 1.54) is 0 Å². The predicted molar refractivity (Wildman–Crippen MR) is 62.8 cm³/mol. The van der Waals surface area contributed by atoms with Gasteiger partial charge in [0, 0.05) is 12.7 Å². The lowest BCUT2D eigenvalue weighted by atomic mass is 10.2. The third kappa shape index (κ3) is 2.31. The Balaban J connectivity index is 2.24. The topological polar surface area (TPSA) is 35.3 Å². The molecule has 84 valence electrons. The van der Waals surface area contributed by atoms with Crippen molar-refractivity contribution in [3.05, 3.63) is 48.2 Å². The first-order valence-electron chi connectivity index (χ1n) is 5.33. The molecule has 1 aliphatic carbocycles. The number of methoxy groups -OCH3 is 1. The Bertz CT molecular complexity index is 441. The zero-order valence-electron chi connectivity index (χ0n) is 9.51. The van der Waals surface area contributed by atoms with Gasteiger partial charge in [0.2, 0.25) is 5.89 Å². The second kappa shape index (κ2) is 4.94. The molecular formula is C13H15NO2. The average molecular weight is 217 g/mol. The van der Waals surface area contributed by atoms with E-state index in [1.807, 2.05) is 19.1 Å². The second-order valence-electron chi connectivity index (χ2n) is 3.64. The van der Waals surface area contributed by atoms with E-state index in [0.29, 0.717) is 5.89 Å². The lowest BCUT2D eigenvalue weighted by Crippen LogP contribution is -1.95. The van der Waals surface area contributed by atoms with E-state index >= 15 is 0 Å². The van der Waals surface area contributed by atoms with Crippen LogP contribution in [-0.2, 0) is 4.74 Å². The first-order valence-corrected chi connectivity index (χ1v) is 5.33. The number of ether oxygens (including phenoxy) is 1. The summed E-state index contributed by atoms with van der Waals surface area (Å²) in [5, 5.41) is 0. The van der Waals surface area contributed by atoms with E-state index in [-0.39, 0.29) is 6.10 Å². The molecule has 0 aromatic carbocycles. The van der Waals surface area contributed by atoms with Crippen LogP contribution in [0.15, 0.2) is 41.1 Å². The van der Waals surface area contributed by atoms with Gasteiger partial charge in [0.15, 0.2) is 0 Å². The molecule has 3 nitrogen and oxygen atoms in total. The van der Waals surface area contributed by atoms with E-state index < -0.39 is 0 Å². The zero-order valence-corrected chi connectivity index (χ0v) is 9.51. The highest BCUT2D eigenvalue weighted by Crippen LogP contribution is 2.21. The smallest absolute Gasteiger partial charge is 0.223 e. The van der Waals surface area contributed by atoms with Gasteiger partial charge < -0.3 is 9.15 Å². The highest BCUT2D eigenvalue weighted by molar-refractivity contribution is 5.73. The Hall–Kier alpha value is -1.61. The number of allylic oxidation sites excluding steroid dienone is 6. The molecule has 0 aliphatic heterocycles. The van der Waals surface area contributed by atoms with Gasteiger partial charge in [0.05, 0.1) is 0 Å². The molecule has 1 aliphatic rings. The first kappa shape index (κ1) is 10.9. The fourth-order valence-electron chi connectivity index (χ4n) is 1.46. The van der Waals surface area contributed by atoms with Crippen LogP contribution in [0, 0.1) is 0 Å². The maximum atomic E-state index is 5.38. The Labute approximate surface area is 95.1 Å². The summed E-state index contributed by atoms with van der Waals surface area (Å²) in [5.74, 6) is 0.611. The molecule has 0 radical (unpaired) electrons. The van der Waals surface area contributed by atoms with Crippen LogP contribution in [0.2, 0.25) is 0 Å². The summed E-state index contributed by atoms with van der Waals surface area (Å²) in [6.45, 7) is 1.91. The van der Waals surface area contributed by atoms with Gasteiger partial charge in [0.25, 0.3) is 0 Å². The fourth-order valence-corrected chi connectivity index (χ4v) is 1.46. The van der Waals surface area contributed by atoms with Crippen LogP contribution >= 0.6 is 0 Å². The van der Waals surface area contributed by atoms with Gasteiger partial charge in [-0.3, -0.25) is 0 Å². The number of oxazole rings is 1. The van der Waals surface area contributed by atoms with Crippen LogP contribution in [0.3, 0.4) is 0 Å². The van der Waals surface area contributed by atoms with Crippen molar-refractivity contribution in [2.24, 2.45) is 0 Å². The summed E-state index contributed by atoms with van der Waals surface area (Å²) in [5.41, 5.74) is 1.91. The van der Waals surface area contributed by atoms with Crippen molar-refractivity contribution in [3.63, 3.8) is 0 Å². The van der Waals surface area contributed by atoms with Crippen molar-refractivity contribution in [2.45, 2.75) is 19.4 Å². The Morgan fingerprint density at radius 3 is 3.12 bits per heavy atom. The maximum absolute atomic E-state index is 5.38. The van der Waals surface area contributed by atoms with Crippen LogP contribution in [0.1, 0.15) is 31.0 Å². The van der Waals surface area contributed by atoms with E-state index in [2.05, 4.69) is 23.2 Å². The van der Waals surface area contributed by atoms with Crippen LogP contribution < -0.4 is 0 Å². The first-order chi connectivity index (χ1) is 7.81. The molecule has 1 heterocycles. The van der Waals surface area contributed by atoms with Crippen molar-refractivity contribution in [3.8, 4) is 0 Å². The molecule has 0 saturated carbocycles. The van der Waals surface area contributed by atoms with Crippen molar-refractivity contribution in [2.75, 3.05) is 7.11 Å². The predicted octanol–water partition coefficient (Wildman–Crippen LogP) is 3.28. The number of aromatic nitrogens is 1. The molecule has 0 bridgehead atoms. The largest absolute Gasteiger partial charge is 0.446 e. The third-order valence-corrected chi connectivity index (χ3v) is 2.50. The van der Waals surface area contributed by atoms with Crippen LogP contribution in [-0.4, -0.2) is 12.1 Å². The summed E-state index contributed by atoms with van der Waals surface area (Å²) in [6.07, 6.45) is 12.8. The standard InChI is InChI=1S/C13H15NO2/c1-10(15-2)13-14-12(9-16-13)11-7-5-3-4-6-8-11/h3,5-10H,4H2,1-2H3. The minimum atomic E-state index is -0.111. The van der Waals surface area contributed by atoms with Gasteiger partial charge in [-0.25, -0.2) is 4.98 Å². The van der Waals surface area contributed by atoms with Crippen LogP contribution in [0.25, 0.3) is 5.57 Å². The Kier molecular flexibility index (Phi) is 3.37. The average Bonchev–Trinajstić information content (AvgIpc) is 2.64. The molecule has 1 aromatic rings. The second-order valence-corrected chi connectivity index (χ2v) is 3.64. The molecule has 1 unspecified atom stereocenters. The molecule has 0 amide bonds. The van der Waals surface area contributed by atoms with Gasteiger partial charge in [-0.2, -0.15) is 0 Å². The van der Waals surface area contributed by atoms with Crippen molar-refractivity contribution < 1.29 is 9.15 Å². The summed E-state index contributed by atoms with van der Waals surface area (Å²) >= 11 is 0. The summed E-state index contributed by atoms with van der Waals surface area (Å²) in [7, 11) is 1.64. The molecule has 16 heavy (non-hydrogen) atoms.